The lowest BCUT2D eigenvalue weighted by molar-refractivity contribution is 0.0611. The molecule has 8 heteroatoms. The number of phenols is 4. The second kappa shape index (κ2) is 9.19. The van der Waals surface area contributed by atoms with E-state index in [1.165, 1.54) is 0 Å². The Hall–Kier alpha value is -4.72. The van der Waals surface area contributed by atoms with Crippen molar-refractivity contribution in [1.82, 2.24) is 0 Å². The highest BCUT2D eigenvalue weighted by Gasteiger charge is 2.61. The van der Waals surface area contributed by atoms with Gasteiger partial charge in [0.25, 0.3) is 0 Å². The van der Waals surface area contributed by atoms with Crippen LogP contribution in [0.15, 0.2) is 59.7 Å². The first-order chi connectivity index (χ1) is 18.8. The van der Waals surface area contributed by atoms with Crippen molar-refractivity contribution in [3.05, 3.63) is 93.1 Å². The molecule has 0 saturated heterocycles. The van der Waals surface area contributed by atoms with Gasteiger partial charge in [0.05, 0.1) is 33.6 Å². The highest BCUT2D eigenvalue weighted by atomic mass is 16.3. The van der Waals surface area contributed by atoms with Crippen LogP contribution in [-0.4, -0.2) is 43.6 Å². The molecule has 5 rings (SSSR count). The van der Waals surface area contributed by atoms with Crippen LogP contribution in [-0.2, 0) is 6.42 Å². The van der Waals surface area contributed by atoms with Crippen molar-refractivity contribution in [3.63, 3.8) is 0 Å². The summed E-state index contributed by atoms with van der Waals surface area (Å²) in [5, 5.41) is 44.4. The van der Waals surface area contributed by atoms with E-state index in [0.29, 0.717) is 0 Å². The predicted molar refractivity (Wildman–Crippen MR) is 146 cm³/mol. The third kappa shape index (κ3) is 3.59. The van der Waals surface area contributed by atoms with Crippen molar-refractivity contribution in [2.75, 3.05) is 0 Å². The maximum atomic E-state index is 14.6. The molecule has 2 aromatic carbocycles. The fraction of sp³-hybridized carbons (Fsp3) is 0.250. The van der Waals surface area contributed by atoms with Crippen LogP contribution in [0, 0.1) is 11.3 Å². The first-order valence-electron chi connectivity index (χ1n) is 12.8. The van der Waals surface area contributed by atoms with Gasteiger partial charge in [-0.25, -0.2) is 0 Å². The van der Waals surface area contributed by atoms with Gasteiger partial charge in [0.2, 0.25) is 0 Å². The summed E-state index contributed by atoms with van der Waals surface area (Å²) in [6.07, 6.45) is 8.62. The summed E-state index contributed by atoms with van der Waals surface area (Å²) in [4.78, 5) is 54.6. The monoisotopic (exact) mass is 540 g/mol. The van der Waals surface area contributed by atoms with E-state index in [9.17, 15) is 39.6 Å². The van der Waals surface area contributed by atoms with E-state index in [1.807, 2.05) is 27.7 Å². The van der Waals surface area contributed by atoms with Gasteiger partial charge in [-0.2, -0.15) is 0 Å². The highest BCUT2D eigenvalue weighted by Crippen LogP contribution is 2.62. The molecule has 3 aliphatic carbocycles. The Balaban J connectivity index is 1.98. The van der Waals surface area contributed by atoms with E-state index in [4.69, 9.17) is 0 Å². The van der Waals surface area contributed by atoms with E-state index in [0.717, 1.165) is 35.4 Å². The summed E-state index contributed by atoms with van der Waals surface area (Å²) in [7, 11) is 0. The number of allylic oxidation sites excluding steroid dienone is 8. The Kier molecular flexibility index (Phi) is 6.17. The van der Waals surface area contributed by atoms with Gasteiger partial charge in [0.1, 0.15) is 23.0 Å². The average Bonchev–Trinajstić information content (AvgIpc) is 2.88. The van der Waals surface area contributed by atoms with Gasteiger partial charge in [0.15, 0.2) is 23.1 Å². The van der Waals surface area contributed by atoms with Crippen molar-refractivity contribution in [3.8, 4) is 23.0 Å². The zero-order chi connectivity index (χ0) is 29.3. The topological polar surface area (TPSA) is 149 Å². The summed E-state index contributed by atoms with van der Waals surface area (Å²) < 4.78 is 0. The molecule has 0 radical (unpaired) electrons. The van der Waals surface area contributed by atoms with E-state index in [-0.39, 0.29) is 28.7 Å². The molecule has 204 valence electrons. The molecule has 40 heavy (non-hydrogen) atoms. The lowest BCUT2D eigenvalue weighted by Gasteiger charge is -2.49. The quantitative estimate of drug-likeness (QED) is 0.234. The molecule has 0 fully saturated rings. The molecule has 3 atom stereocenters. The van der Waals surface area contributed by atoms with E-state index >= 15 is 0 Å². The smallest absolute Gasteiger partial charge is 0.190 e. The molecular weight excluding hydrogens is 512 g/mol. The Morgan fingerprint density at radius 1 is 0.800 bits per heavy atom. The minimum absolute atomic E-state index is 0.0654. The van der Waals surface area contributed by atoms with Gasteiger partial charge in [-0.15, -0.1) is 0 Å². The highest BCUT2D eigenvalue weighted by molar-refractivity contribution is 6.26. The standard InChI is InChI=1S/C32H28O8/c1-14(2)6-5-11-32-16(12-15(3)4)13-17-22(29(38)24-19(34)8-7-18(33)23(24)28(17)37)27(32)30(39)25-20(35)9-10-21(36)26(25)31(32)40/h5-12,16,27,35-38H,13H2,1-4H3/b11-5+/t16-,27+,32+/m0/s1. The van der Waals surface area contributed by atoms with Crippen molar-refractivity contribution >= 4 is 23.1 Å². The number of fused-ring (bicyclic) bond motifs is 5. The van der Waals surface area contributed by atoms with E-state index in [1.54, 1.807) is 24.3 Å². The Bertz CT molecular complexity index is 1680. The van der Waals surface area contributed by atoms with Crippen LogP contribution in [0.3, 0.4) is 0 Å². The van der Waals surface area contributed by atoms with E-state index < -0.39 is 74.5 Å². The number of carbonyl (C=O) groups is 4. The Morgan fingerprint density at radius 2 is 1.38 bits per heavy atom. The van der Waals surface area contributed by atoms with Gasteiger partial charge >= 0.3 is 0 Å². The van der Waals surface area contributed by atoms with Crippen molar-refractivity contribution < 1.29 is 39.6 Å². The largest absolute Gasteiger partial charge is 0.507 e. The number of benzene rings is 2. The maximum absolute atomic E-state index is 14.6. The summed E-state index contributed by atoms with van der Waals surface area (Å²) in [6, 6.07) is 2.23. The Labute approximate surface area is 230 Å². The molecule has 0 amide bonds. The zero-order valence-electron chi connectivity index (χ0n) is 22.4. The molecular formula is C32H28O8. The van der Waals surface area contributed by atoms with Crippen molar-refractivity contribution in [2.45, 2.75) is 40.0 Å². The minimum Gasteiger partial charge on any atom is -0.507 e. The number of Topliss-reactive ketones (excluding diaryl/α,β-unsaturated/α-hetero) is 2. The lowest BCUT2D eigenvalue weighted by atomic mass is 9.50. The first kappa shape index (κ1) is 26.9. The van der Waals surface area contributed by atoms with Crippen LogP contribution in [0.2, 0.25) is 0 Å². The summed E-state index contributed by atoms with van der Waals surface area (Å²) in [5.74, 6) is -7.36. The fourth-order valence-corrected chi connectivity index (χ4v) is 6.31. The minimum atomic E-state index is -1.72. The van der Waals surface area contributed by atoms with Crippen LogP contribution in [0.4, 0.5) is 0 Å². The predicted octanol–water partition coefficient (Wildman–Crippen LogP) is 5.25. The maximum Gasteiger partial charge on any atom is 0.190 e. The molecule has 0 saturated carbocycles. The molecule has 8 nitrogen and oxygen atoms in total. The number of carbonyl (C=O) groups excluding carboxylic acids is 4. The van der Waals surface area contributed by atoms with E-state index in [2.05, 4.69) is 0 Å². The van der Waals surface area contributed by atoms with Crippen molar-refractivity contribution in [2.24, 2.45) is 11.3 Å². The SMILES string of the molecule is CC(C)=C/C=C/[C@]12C(=O)c3c(O)ccc(O)c3C(=O)[C@H]1c1c(O)c3c(c(O)c1C[C@@H]2C=C(C)C)C(=O)C=CC3=O. The second-order valence-electron chi connectivity index (χ2n) is 11.0. The number of hydrogen-bond acceptors (Lipinski definition) is 8. The molecule has 0 heterocycles. The number of rotatable bonds is 3. The molecule has 0 bridgehead atoms. The van der Waals surface area contributed by atoms with Crippen LogP contribution in [0.25, 0.3) is 0 Å². The number of hydrogen-bond donors (Lipinski definition) is 4. The van der Waals surface area contributed by atoms with Crippen LogP contribution in [0.1, 0.15) is 86.2 Å². The zero-order valence-corrected chi connectivity index (χ0v) is 22.4. The van der Waals surface area contributed by atoms with Crippen LogP contribution < -0.4 is 0 Å². The summed E-state index contributed by atoms with van der Waals surface area (Å²) in [5.41, 5.74) is -1.67. The molecule has 2 aromatic rings. The third-order valence-corrected chi connectivity index (χ3v) is 7.90. The third-order valence-electron chi connectivity index (χ3n) is 7.90. The number of phenolic OH excluding ortho intramolecular Hbond substituents is 4. The molecule has 3 aliphatic rings. The summed E-state index contributed by atoms with van der Waals surface area (Å²) in [6.45, 7) is 7.31. The van der Waals surface area contributed by atoms with Crippen molar-refractivity contribution in [1.29, 1.82) is 0 Å². The second-order valence-corrected chi connectivity index (χ2v) is 11.0. The molecule has 0 aliphatic heterocycles. The normalized spacial score (nSPS) is 22.9. The van der Waals surface area contributed by atoms with Gasteiger partial charge in [-0.1, -0.05) is 35.5 Å². The van der Waals surface area contributed by atoms with Gasteiger partial charge < -0.3 is 20.4 Å². The fourth-order valence-electron chi connectivity index (χ4n) is 6.31. The first-order valence-corrected chi connectivity index (χ1v) is 12.8. The molecule has 0 spiro atoms. The van der Waals surface area contributed by atoms with Gasteiger partial charge in [-0.3, -0.25) is 19.2 Å². The average molecular weight is 541 g/mol. The molecule has 4 N–H and O–H groups in total. The van der Waals surface area contributed by atoms with Gasteiger partial charge in [-0.05, 0) is 64.3 Å². The summed E-state index contributed by atoms with van der Waals surface area (Å²) >= 11 is 0. The lowest BCUT2D eigenvalue weighted by Crippen LogP contribution is -2.52. The number of aromatic hydroxyl groups is 4. The van der Waals surface area contributed by atoms with Crippen LogP contribution in [0.5, 0.6) is 23.0 Å². The Morgan fingerprint density at radius 3 is 1.95 bits per heavy atom. The number of ketones is 4. The molecule has 0 unspecified atom stereocenters. The molecule has 0 aromatic heterocycles. The van der Waals surface area contributed by atoms with Crippen LogP contribution >= 0.6 is 0 Å². The van der Waals surface area contributed by atoms with Gasteiger partial charge in [0, 0.05) is 11.1 Å².